The van der Waals surface area contributed by atoms with Crippen molar-refractivity contribution in [2.24, 2.45) is 0 Å². The summed E-state index contributed by atoms with van der Waals surface area (Å²) in [4.78, 5) is 25.3. The van der Waals surface area contributed by atoms with Gasteiger partial charge in [0.1, 0.15) is 36.8 Å². The highest BCUT2D eigenvalue weighted by atomic mass is 32.2. The van der Waals surface area contributed by atoms with Crippen LogP contribution in [0.3, 0.4) is 0 Å². The fraction of sp³-hybridized carbons (Fsp3) is 0.778. The van der Waals surface area contributed by atoms with Gasteiger partial charge in [-0.15, -0.1) is 0 Å². The van der Waals surface area contributed by atoms with E-state index in [1.54, 1.807) is 0 Å². The summed E-state index contributed by atoms with van der Waals surface area (Å²) in [5.41, 5.74) is 0. The van der Waals surface area contributed by atoms with Crippen molar-refractivity contribution in [2.75, 3.05) is 19.0 Å². The number of aliphatic hydroxyl groups is 3. The molecule has 0 aromatic carbocycles. The highest BCUT2D eigenvalue weighted by Crippen LogP contribution is 2.24. The molecule has 1 fully saturated rings. The van der Waals surface area contributed by atoms with Crippen molar-refractivity contribution in [3.63, 3.8) is 0 Å². The largest absolute Gasteiger partial charge is 0.462 e. The van der Waals surface area contributed by atoms with Crippen LogP contribution in [0.25, 0.3) is 0 Å². The molecule has 1 aliphatic heterocycles. The molecule has 0 amide bonds. The van der Waals surface area contributed by atoms with E-state index in [0.717, 1.165) is 38.5 Å². The lowest BCUT2D eigenvalue weighted by Gasteiger charge is -2.40. The number of hydrogen-bond donors (Lipinski definition) is 4. The van der Waals surface area contributed by atoms with Gasteiger partial charge in [0.25, 0.3) is 10.1 Å². The van der Waals surface area contributed by atoms with Crippen molar-refractivity contribution in [1.29, 1.82) is 0 Å². The van der Waals surface area contributed by atoms with E-state index in [4.69, 9.17) is 18.9 Å². The zero-order valence-electron chi connectivity index (χ0n) is 35.6. The SMILES string of the molecule is CC/C=C\C/C=C\C/C=C\C/C=C\CCC(=O)OC(COC(=O)CCCCCCCCCCCCCCCCCCC)COC1OC(CS(=O)(=O)O)C(O)C(O)C1O. The molecule has 0 aromatic heterocycles. The molecule has 4 N–H and O–H groups in total. The molecule has 12 nitrogen and oxygen atoms in total. The van der Waals surface area contributed by atoms with E-state index in [1.165, 1.54) is 83.5 Å². The molecule has 0 radical (unpaired) electrons. The van der Waals surface area contributed by atoms with Gasteiger partial charge < -0.3 is 34.3 Å². The number of allylic oxidation sites excluding steroid dienone is 8. The van der Waals surface area contributed by atoms with E-state index in [2.05, 4.69) is 44.2 Å². The van der Waals surface area contributed by atoms with Gasteiger partial charge >= 0.3 is 11.9 Å². The molecule has 0 saturated carbocycles. The number of aliphatic hydroxyl groups excluding tert-OH is 3. The van der Waals surface area contributed by atoms with Gasteiger partial charge in [0.2, 0.25) is 0 Å². The maximum atomic E-state index is 12.7. The second-order valence-electron chi connectivity index (χ2n) is 15.3. The third-order valence-corrected chi connectivity index (χ3v) is 10.7. The van der Waals surface area contributed by atoms with E-state index in [1.807, 2.05) is 18.2 Å². The van der Waals surface area contributed by atoms with E-state index < -0.39 is 71.2 Å². The molecule has 1 saturated heterocycles. The van der Waals surface area contributed by atoms with Crippen LogP contribution in [-0.2, 0) is 38.7 Å². The van der Waals surface area contributed by atoms with Crippen molar-refractivity contribution < 1.29 is 56.8 Å². The summed E-state index contributed by atoms with van der Waals surface area (Å²) in [6.45, 7) is 3.58. The lowest BCUT2D eigenvalue weighted by Crippen LogP contribution is -2.60. The second-order valence-corrected chi connectivity index (χ2v) is 16.8. The van der Waals surface area contributed by atoms with E-state index in [0.29, 0.717) is 19.3 Å². The van der Waals surface area contributed by atoms with Crippen LogP contribution in [0.2, 0.25) is 0 Å². The normalized spacial score (nSPS) is 20.8. The second kappa shape index (κ2) is 35.4. The zero-order valence-corrected chi connectivity index (χ0v) is 36.5. The Labute approximate surface area is 350 Å². The molecule has 1 aliphatic rings. The average Bonchev–Trinajstić information content (AvgIpc) is 3.18. The molecule has 0 bridgehead atoms. The monoisotopic (exact) mass is 843 g/mol. The van der Waals surface area contributed by atoms with Gasteiger partial charge in [-0.3, -0.25) is 14.1 Å². The number of carbonyl (C=O) groups is 2. The minimum atomic E-state index is -4.61. The van der Waals surface area contributed by atoms with Crippen molar-refractivity contribution in [2.45, 2.75) is 205 Å². The molecule has 336 valence electrons. The standard InChI is InChI=1S/C45H78O12S/c1-3-5-7-9-11-13-15-17-18-19-20-22-23-25-27-29-31-33-40(46)54-35-38(36-55-45-44(50)43(49)42(48)39(57-45)37-58(51,52)53)56-41(47)34-32-30-28-26-24-21-16-14-12-10-8-6-4-2/h6,8,12,14,21,24,28,30,38-39,42-45,48-50H,3-5,7,9-11,13,15-20,22-23,25-27,29,31-37H2,1-2H3,(H,51,52,53)/b8-6-,14-12-,24-21-,30-28-. The van der Waals surface area contributed by atoms with E-state index >= 15 is 0 Å². The lowest BCUT2D eigenvalue weighted by atomic mass is 10.00. The Kier molecular flexibility index (Phi) is 32.7. The highest BCUT2D eigenvalue weighted by molar-refractivity contribution is 7.85. The van der Waals surface area contributed by atoms with Gasteiger partial charge in [-0.05, 0) is 38.5 Å². The number of esters is 2. The topological polar surface area (TPSA) is 186 Å². The maximum absolute atomic E-state index is 12.7. The van der Waals surface area contributed by atoms with Crippen LogP contribution in [0.4, 0.5) is 0 Å². The molecule has 6 unspecified atom stereocenters. The predicted molar refractivity (Wildman–Crippen MR) is 229 cm³/mol. The minimum absolute atomic E-state index is 0.0435. The average molecular weight is 843 g/mol. The smallest absolute Gasteiger partial charge is 0.306 e. The Morgan fingerprint density at radius 3 is 1.59 bits per heavy atom. The number of carbonyl (C=O) groups excluding carboxylic acids is 2. The van der Waals surface area contributed by atoms with Gasteiger partial charge in [-0.25, -0.2) is 0 Å². The molecular formula is C45H78O12S. The van der Waals surface area contributed by atoms with Crippen LogP contribution in [0.15, 0.2) is 48.6 Å². The van der Waals surface area contributed by atoms with Crippen LogP contribution in [-0.4, -0.2) is 96.0 Å². The van der Waals surface area contributed by atoms with Crippen molar-refractivity contribution >= 4 is 22.1 Å². The van der Waals surface area contributed by atoms with E-state index in [-0.39, 0.29) is 19.4 Å². The summed E-state index contributed by atoms with van der Waals surface area (Å²) < 4.78 is 53.9. The summed E-state index contributed by atoms with van der Waals surface area (Å²) in [6, 6.07) is 0. The minimum Gasteiger partial charge on any atom is -0.462 e. The number of rotatable bonds is 36. The maximum Gasteiger partial charge on any atom is 0.306 e. The third-order valence-electron chi connectivity index (χ3n) is 9.94. The van der Waals surface area contributed by atoms with Gasteiger partial charge in [-0.1, -0.05) is 165 Å². The van der Waals surface area contributed by atoms with Gasteiger partial charge in [0.05, 0.1) is 6.61 Å². The Hall–Kier alpha value is -2.39. The fourth-order valence-corrected chi connectivity index (χ4v) is 7.20. The molecular weight excluding hydrogens is 765 g/mol. The lowest BCUT2D eigenvalue weighted by molar-refractivity contribution is -0.297. The molecule has 1 rings (SSSR count). The predicted octanol–water partition coefficient (Wildman–Crippen LogP) is 8.78. The van der Waals surface area contributed by atoms with Gasteiger partial charge in [0, 0.05) is 12.8 Å². The summed E-state index contributed by atoms with van der Waals surface area (Å²) in [6.07, 6.45) is 31.8. The Morgan fingerprint density at radius 2 is 1.09 bits per heavy atom. The summed E-state index contributed by atoms with van der Waals surface area (Å²) in [7, 11) is -4.61. The quantitative estimate of drug-likeness (QED) is 0.0204. The molecule has 1 heterocycles. The molecule has 0 aromatic rings. The first-order valence-corrected chi connectivity index (χ1v) is 23.8. The third kappa shape index (κ3) is 29.8. The number of hydrogen-bond acceptors (Lipinski definition) is 11. The number of ether oxygens (including phenoxy) is 4. The summed E-state index contributed by atoms with van der Waals surface area (Å²) in [5.74, 6) is -2.09. The first-order chi connectivity index (χ1) is 28.0. The van der Waals surface area contributed by atoms with Crippen LogP contribution >= 0.6 is 0 Å². The Morgan fingerprint density at radius 1 is 0.603 bits per heavy atom. The zero-order chi connectivity index (χ0) is 42.7. The highest BCUT2D eigenvalue weighted by Gasteiger charge is 2.46. The number of unbranched alkanes of at least 4 members (excludes halogenated alkanes) is 16. The molecule has 6 atom stereocenters. The van der Waals surface area contributed by atoms with Crippen molar-refractivity contribution in [3.05, 3.63) is 48.6 Å². The van der Waals surface area contributed by atoms with Crippen LogP contribution in [0, 0.1) is 0 Å². The first kappa shape index (κ1) is 53.6. The van der Waals surface area contributed by atoms with Crippen molar-refractivity contribution in [1.82, 2.24) is 0 Å². The summed E-state index contributed by atoms with van der Waals surface area (Å²) >= 11 is 0. The van der Waals surface area contributed by atoms with Gasteiger partial charge in [-0.2, -0.15) is 8.42 Å². The molecule has 0 spiro atoms. The molecule has 13 heteroatoms. The van der Waals surface area contributed by atoms with Crippen molar-refractivity contribution in [3.8, 4) is 0 Å². The van der Waals surface area contributed by atoms with E-state index in [9.17, 15) is 37.9 Å². The first-order valence-electron chi connectivity index (χ1n) is 22.2. The Balaban J connectivity index is 2.47. The van der Waals surface area contributed by atoms with Crippen LogP contribution in [0.5, 0.6) is 0 Å². The van der Waals surface area contributed by atoms with Gasteiger partial charge in [0.15, 0.2) is 12.4 Å². The molecule has 58 heavy (non-hydrogen) atoms. The van der Waals surface area contributed by atoms with Crippen LogP contribution < -0.4 is 0 Å². The van der Waals surface area contributed by atoms with Crippen LogP contribution in [0.1, 0.15) is 168 Å². The fourth-order valence-electron chi connectivity index (χ4n) is 6.51. The summed E-state index contributed by atoms with van der Waals surface area (Å²) in [5, 5.41) is 30.8. The molecule has 0 aliphatic carbocycles. The Bertz CT molecular complexity index is 1260.